The molecule has 0 saturated heterocycles. The summed E-state index contributed by atoms with van der Waals surface area (Å²) < 4.78 is 5.44. The summed E-state index contributed by atoms with van der Waals surface area (Å²) in [6.45, 7) is 3.94. The van der Waals surface area contributed by atoms with Gasteiger partial charge < -0.3 is 10.2 Å². The van der Waals surface area contributed by atoms with E-state index >= 15 is 0 Å². The van der Waals surface area contributed by atoms with Gasteiger partial charge >= 0.3 is 0 Å². The summed E-state index contributed by atoms with van der Waals surface area (Å²) in [5.74, 6) is 1.17. The third-order valence-corrected chi connectivity index (χ3v) is 2.30. The van der Waals surface area contributed by atoms with Crippen LogP contribution in [0.4, 0.5) is 5.69 Å². The molecule has 15 heavy (non-hydrogen) atoms. The molecule has 0 bridgehead atoms. The highest BCUT2D eigenvalue weighted by molar-refractivity contribution is 5.62. The molecule has 78 valence electrons. The van der Waals surface area contributed by atoms with E-state index in [2.05, 4.69) is 10.2 Å². The van der Waals surface area contributed by atoms with Gasteiger partial charge in [-0.05, 0) is 24.6 Å². The van der Waals surface area contributed by atoms with Gasteiger partial charge in [-0.2, -0.15) is 0 Å². The summed E-state index contributed by atoms with van der Waals surface area (Å²) in [7, 11) is 0. The molecule has 2 N–H and O–H groups in total. The van der Waals surface area contributed by atoms with Crippen molar-refractivity contribution in [1.82, 2.24) is 10.2 Å². The minimum Gasteiger partial charge on any atom is -0.421 e. The lowest BCUT2D eigenvalue weighted by Gasteiger charge is -2.00. The van der Waals surface area contributed by atoms with Gasteiger partial charge in [0.2, 0.25) is 11.8 Å². The van der Waals surface area contributed by atoms with E-state index in [1.165, 1.54) is 0 Å². The number of benzene rings is 1. The van der Waals surface area contributed by atoms with Gasteiger partial charge in [-0.3, -0.25) is 0 Å². The highest BCUT2D eigenvalue weighted by Gasteiger charge is 2.07. The Morgan fingerprint density at radius 1 is 1.33 bits per heavy atom. The van der Waals surface area contributed by atoms with E-state index in [4.69, 9.17) is 10.2 Å². The Balaban J connectivity index is 2.40. The number of rotatable bonds is 2. The normalized spacial score (nSPS) is 10.5. The van der Waals surface area contributed by atoms with E-state index in [0.717, 1.165) is 23.2 Å². The molecule has 0 fully saturated rings. The number of nitrogens with zero attached hydrogens (tertiary/aromatic N) is 2. The van der Waals surface area contributed by atoms with Crippen molar-refractivity contribution in [2.75, 3.05) is 5.73 Å². The van der Waals surface area contributed by atoms with Crippen LogP contribution in [0.3, 0.4) is 0 Å². The van der Waals surface area contributed by atoms with Crippen molar-refractivity contribution in [3.05, 3.63) is 29.7 Å². The maximum absolute atomic E-state index is 5.81. The van der Waals surface area contributed by atoms with Gasteiger partial charge in [0.1, 0.15) is 0 Å². The molecule has 0 spiro atoms. The number of aryl methyl sites for hydroxylation is 2. The molecule has 0 aliphatic rings. The summed E-state index contributed by atoms with van der Waals surface area (Å²) in [6, 6.07) is 5.72. The molecule has 0 saturated carbocycles. The van der Waals surface area contributed by atoms with E-state index < -0.39 is 0 Å². The van der Waals surface area contributed by atoms with Gasteiger partial charge in [0.25, 0.3) is 0 Å². The van der Waals surface area contributed by atoms with Crippen LogP contribution in [-0.4, -0.2) is 10.2 Å². The third kappa shape index (κ3) is 1.83. The maximum Gasteiger partial charge on any atom is 0.247 e. The number of hydrogen-bond donors (Lipinski definition) is 1. The highest BCUT2D eigenvalue weighted by Crippen LogP contribution is 2.22. The molecule has 4 nitrogen and oxygen atoms in total. The molecule has 4 heteroatoms. The number of hydrogen-bond acceptors (Lipinski definition) is 4. The van der Waals surface area contributed by atoms with Gasteiger partial charge in [0, 0.05) is 17.7 Å². The fourth-order valence-electron chi connectivity index (χ4n) is 1.29. The lowest BCUT2D eigenvalue weighted by molar-refractivity contribution is 0.513. The van der Waals surface area contributed by atoms with Gasteiger partial charge in [-0.25, -0.2) is 0 Å². The van der Waals surface area contributed by atoms with Gasteiger partial charge in [-0.1, -0.05) is 13.0 Å². The van der Waals surface area contributed by atoms with Crippen molar-refractivity contribution in [3.8, 4) is 11.5 Å². The number of anilines is 1. The monoisotopic (exact) mass is 203 g/mol. The molecule has 2 rings (SSSR count). The lowest BCUT2D eigenvalue weighted by atomic mass is 10.1. The molecule has 0 aliphatic heterocycles. The highest BCUT2D eigenvalue weighted by atomic mass is 16.4. The van der Waals surface area contributed by atoms with Gasteiger partial charge in [0.05, 0.1) is 0 Å². The van der Waals surface area contributed by atoms with Crippen molar-refractivity contribution in [2.45, 2.75) is 20.3 Å². The van der Waals surface area contributed by atoms with E-state index in [1.54, 1.807) is 0 Å². The Bertz CT molecular complexity index is 476. The number of aromatic nitrogens is 2. The van der Waals surface area contributed by atoms with Crippen molar-refractivity contribution in [1.29, 1.82) is 0 Å². The van der Waals surface area contributed by atoms with E-state index in [9.17, 15) is 0 Å². The second kappa shape index (κ2) is 3.73. The Hall–Kier alpha value is -1.84. The fraction of sp³-hybridized carbons (Fsp3) is 0.273. The summed E-state index contributed by atoms with van der Waals surface area (Å²) in [5.41, 5.74) is 8.46. The number of nitrogen functional groups attached to an aromatic ring is 1. The van der Waals surface area contributed by atoms with Crippen LogP contribution in [-0.2, 0) is 6.42 Å². The standard InChI is InChI=1S/C11H13N3O/c1-3-10-13-14-11(15-10)8-5-4-7(2)9(12)6-8/h4-6H,3,12H2,1-2H3. The minimum atomic E-state index is 0.526. The fourth-order valence-corrected chi connectivity index (χ4v) is 1.29. The molecule has 0 atom stereocenters. The zero-order chi connectivity index (χ0) is 10.8. The molecule has 1 aromatic carbocycles. The second-order valence-electron chi connectivity index (χ2n) is 3.43. The first-order valence-corrected chi connectivity index (χ1v) is 4.89. The van der Waals surface area contributed by atoms with Crippen molar-refractivity contribution in [3.63, 3.8) is 0 Å². The SMILES string of the molecule is CCc1nnc(-c2ccc(C)c(N)c2)o1. The Kier molecular flexibility index (Phi) is 2.41. The van der Waals surface area contributed by atoms with Crippen LogP contribution in [0.1, 0.15) is 18.4 Å². The van der Waals surface area contributed by atoms with Crippen LogP contribution in [0, 0.1) is 6.92 Å². The third-order valence-electron chi connectivity index (χ3n) is 2.30. The smallest absolute Gasteiger partial charge is 0.247 e. The second-order valence-corrected chi connectivity index (χ2v) is 3.43. The molecule has 1 heterocycles. The molecular formula is C11H13N3O. The predicted molar refractivity (Wildman–Crippen MR) is 58.3 cm³/mol. The first-order valence-electron chi connectivity index (χ1n) is 4.89. The van der Waals surface area contributed by atoms with Crippen LogP contribution < -0.4 is 5.73 Å². The summed E-state index contributed by atoms with van der Waals surface area (Å²) in [6.07, 6.45) is 0.744. The Morgan fingerprint density at radius 3 is 2.73 bits per heavy atom. The van der Waals surface area contributed by atoms with Crippen molar-refractivity contribution >= 4 is 5.69 Å². The van der Waals surface area contributed by atoms with Crippen LogP contribution in [0.5, 0.6) is 0 Å². The van der Waals surface area contributed by atoms with Crippen LogP contribution in [0.15, 0.2) is 22.6 Å². The lowest BCUT2D eigenvalue weighted by Crippen LogP contribution is -1.89. The van der Waals surface area contributed by atoms with Crippen LogP contribution in [0.2, 0.25) is 0 Å². The number of nitrogens with two attached hydrogens (primary N) is 1. The molecular weight excluding hydrogens is 190 g/mol. The molecule has 0 unspecified atom stereocenters. The largest absolute Gasteiger partial charge is 0.421 e. The van der Waals surface area contributed by atoms with E-state index in [1.807, 2.05) is 32.0 Å². The maximum atomic E-state index is 5.81. The molecule has 0 aliphatic carbocycles. The van der Waals surface area contributed by atoms with Crippen molar-refractivity contribution in [2.24, 2.45) is 0 Å². The molecule has 0 radical (unpaired) electrons. The zero-order valence-electron chi connectivity index (χ0n) is 8.82. The van der Waals surface area contributed by atoms with Crippen LogP contribution >= 0.6 is 0 Å². The Labute approximate surface area is 88.1 Å². The topological polar surface area (TPSA) is 64.9 Å². The Morgan fingerprint density at radius 2 is 2.13 bits per heavy atom. The minimum absolute atomic E-state index is 0.526. The quantitative estimate of drug-likeness (QED) is 0.760. The van der Waals surface area contributed by atoms with Crippen molar-refractivity contribution < 1.29 is 4.42 Å². The van der Waals surface area contributed by atoms with Gasteiger partial charge in [0.15, 0.2) is 0 Å². The molecule has 2 aromatic rings. The van der Waals surface area contributed by atoms with Crippen LogP contribution in [0.25, 0.3) is 11.5 Å². The van der Waals surface area contributed by atoms with E-state index in [0.29, 0.717) is 11.8 Å². The van der Waals surface area contributed by atoms with E-state index in [-0.39, 0.29) is 0 Å². The first kappa shape index (κ1) is 9.71. The molecule has 1 aromatic heterocycles. The first-order chi connectivity index (χ1) is 7.20. The summed E-state index contributed by atoms with van der Waals surface area (Å²) >= 11 is 0. The summed E-state index contributed by atoms with van der Waals surface area (Å²) in [4.78, 5) is 0. The molecule has 0 amide bonds. The predicted octanol–water partition coefficient (Wildman–Crippen LogP) is 2.19. The average Bonchev–Trinajstić information content (AvgIpc) is 2.70. The van der Waals surface area contributed by atoms with Gasteiger partial charge in [-0.15, -0.1) is 10.2 Å². The average molecular weight is 203 g/mol. The zero-order valence-corrected chi connectivity index (χ0v) is 8.82. The summed E-state index contributed by atoms with van der Waals surface area (Å²) in [5, 5.41) is 7.86.